The number of nitrogens with zero attached hydrogens (tertiary/aromatic N) is 3. The molecule has 18 heavy (non-hydrogen) atoms. The summed E-state index contributed by atoms with van der Waals surface area (Å²) in [5.74, 6) is -0.120. The lowest BCUT2D eigenvalue weighted by atomic mass is 10.2. The van der Waals surface area contributed by atoms with Crippen molar-refractivity contribution in [1.29, 1.82) is 0 Å². The quantitative estimate of drug-likeness (QED) is 0.713. The number of pyridine rings is 1. The molecule has 2 aromatic heterocycles. The summed E-state index contributed by atoms with van der Waals surface area (Å²) in [6.07, 6.45) is 1.63. The third kappa shape index (κ3) is 1.52. The Labute approximate surface area is 103 Å². The third-order valence-electron chi connectivity index (χ3n) is 2.78. The zero-order valence-electron chi connectivity index (χ0n) is 9.76. The number of aromatic nitrogens is 3. The fourth-order valence-electron chi connectivity index (χ4n) is 1.96. The average molecular weight is 242 g/mol. The number of anilines is 1. The maximum atomic E-state index is 13.9. The first-order valence-corrected chi connectivity index (χ1v) is 5.52. The van der Waals surface area contributed by atoms with Gasteiger partial charge in [0, 0.05) is 6.20 Å². The monoisotopic (exact) mass is 242 g/mol. The van der Waals surface area contributed by atoms with Gasteiger partial charge in [-0.3, -0.25) is 4.57 Å². The van der Waals surface area contributed by atoms with Crippen molar-refractivity contribution in [3.8, 4) is 5.69 Å². The molecule has 0 spiro atoms. The summed E-state index contributed by atoms with van der Waals surface area (Å²) in [5, 5.41) is 0. The Morgan fingerprint density at radius 3 is 2.94 bits per heavy atom. The Hall–Kier alpha value is -2.43. The van der Waals surface area contributed by atoms with Crippen LogP contribution in [0.5, 0.6) is 0 Å². The topological polar surface area (TPSA) is 56.7 Å². The van der Waals surface area contributed by atoms with Gasteiger partial charge in [0.05, 0.1) is 5.69 Å². The molecule has 0 aliphatic carbocycles. The minimum absolute atomic E-state index is 0.230. The van der Waals surface area contributed by atoms with E-state index in [0.29, 0.717) is 16.9 Å². The average Bonchev–Trinajstić information content (AvgIpc) is 2.68. The summed E-state index contributed by atoms with van der Waals surface area (Å²) >= 11 is 0. The van der Waals surface area contributed by atoms with Crippen molar-refractivity contribution >= 4 is 17.1 Å². The molecule has 3 rings (SSSR count). The molecule has 4 nitrogen and oxygen atoms in total. The number of halogens is 1. The number of rotatable bonds is 1. The van der Waals surface area contributed by atoms with E-state index in [4.69, 9.17) is 5.73 Å². The minimum Gasteiger partial charge on any atom is -0.369 e. The van der Waals surface area contributed by atoms with E-state index < -0.39 is 0 Å². The lowest BCUT2D eigenvalue weighted by Crippen LogP contribution is -2.04. The van der Waals surface area contributed by atoms with Crippen LogP contribution in [0.4, 0.5) is 10.3 Å². The van der Waals surface area contributed by atoms with E-state index in [1.54, 1.807) is 30.5 Å². The molecule has 0 amide bonds. The number of aryl methyl sites for hydroxylation is 1. The van der Waals surface area contributed by atoms with Gasteiger partial charge < -0.3 is 5.73 Å². The second kappa shape index (κ2) is 3.80. The van der Waals surface area contributed by atoms with Gasteiger partial charge >= 0.3 is 0 Å². The van der Waals surface area contributed by atoms with Crippen LogP contribution in [0.15, 0.2) is 36.5 Å². The Morgan fingerprint density at radius 1 is 1.28 bits per heavy atom. The standard InChI is InChI=1S/C13H11FN4/c1-8-4-5-9(14)11(7-8)18-12-10(17-13(18)15)3-2-6-16-12/h2-7H,1H3,(H2,15,17). The Balaban J connectivity index is 2.37. The van der Waals surface area contributed by atoms with E-state index in [-0.39, 0.29) is 11.8 Å². The van der Waals surface area contributed by atoms with E-state index >= 15 is 0 Å². The maximum Gasteiger partial charge on any atom is 0.207 e. The molecule has 0 saturated heterocycles. The highest BCUT2D eigenvalue weighted by molar-refractivity contribution is 5.76. The fourth-order valence-corrected chi connectivity index (χ4v) is 1.96. The predicted octanol–water partition coefficient (Wildman–Crippen LogP) is 2.45. The number of hydrogen-bond acceptors (Lipinski definition) is 3. The molecule has 0 unspecified atom stereocenters. The lowest BCUT2D eigenvalue weighted by Gasteiger charge is -2.07. The molecule has 0 saturated carbocycles. The fraction of sp³-hybridized carbons (Fsp3) is 0.0769. The molecule has 2 heterocycles. The van der Waals surface area contributed by atoms with Gasteiger partial charge in [-0.25, -0.2) is 14.4 Å². The second-order valence-corrected chi connectivity index (χ2v) is 4.11. The van der Waals surface area contributed by atoms with Crippen LogP contribution >= 0.6 is 0 Å². The molecule has 2 N–H and O–H groups in total. The Bertz CT molecular complexity index is 733. The van der Waals surface area contributed by atoms with E-state index in [1.165, 1.54) is 10.6 Å². The first-order valence-electron chi connectivity index (χ1n) is 5.52. The molecule has 3 aromatic rings. The molecular formula is C13H11FN4. The van der Waals surface area contributed by atoms with E-state index in [0.717, 1.165) is 5.56 Å². The van der Waals surface area contributed by atoms with Crippen molar-refractivity contribution in [2.75, 3.05) is 5.73 Å². The summed E-state index contributed by atoms with van der Waals surface area (Å²) in [7, 11) is 0. The van der Waals surface area contributed by atoms with Gasteiger partial charge in [-0.1, -0.05) is 6.07 Å². The van der Waals surface area contributed by atoms with Gasteiger partial charge in [-0.15, -0.1) is 0 Å². The molecule has 0 atom stereocenters. The van der Waals surface area contributed by atoms with Crippen LogP contribution in [0.1, 0.15) is 5.56 Å². The largest absolute Gasteiger partial charge is 0.369 e. The number of nitrogen functional groups attached to an aromatic ring is 1. The second-order valence-electron chi connectivity index (χ2n) is 4.11. The number of fused-ring (bicyclic) bond motifs is 1. The molecule has 1 aromatic carbocycles. The summed E-state index contributed by atoms with van der Waals surface area (Å²) in [6.45, 7) is 1.89. The molecular weight excluding hydrogens is 231 g/mol. The molecule has 0 fully saturated rings. The van der Waals surface area contributed by atoms with Crippen LogP contribution in [0.3, 0.4) is 0 Å². The SMILES string of the molecule is Cc1ccc(F)c(-n2c(N)nc3cccnc32)c1. The molecule has 0 aliphatic heterocycles. The van der Waals surface area contributed by atoms with Crippen molar-refractivity contribution in [3.05, 3.63) is 47.9 Å². The van der Waals surface area contributed by atoms with Crippen LogP contribution < -0.4 is 5.73 Å². The van der Waals surface area contributed by atoms with E-state index in [2.05, 4.69) is 9.97 Å². The van der Waals surface area contributed by atoms with Gasteiger partial charge in [-0.05, 0) is 36.8 Å². The number of benzene rings is 1. The van der Waals surface area contributed by atoms with Crippen LogP contribution in [0, 0.1) is 12.7 Å². The summed E-state index contributed by atoms with van der Waals surface area (Å²) in [5.41, 5.74) is 8.37. The van der Waals surface area contributed by atoms with Crippen molar-refractivity contribution in [1.82, 2.24) is 14.5 Å². The highest BCUT2D eigenvalue weighted by Crippen LogP contribution is 2.23. The third-order valence-corrected chi connectivity index (χ3v) is 2.78. The number of imidazole rings is 1. The van der Waals surface area contributed by atoms with Crippen molar-refractivity contribution in [2.24, 2.45) is 0 Å². The smallest absolute Gasteiger partial charge is 0.207 e. The van der Waals surface area contributed by atoms with Gasteiger partial charge in [0.25, 0.3) is 0 Å². The van der Waals surface area contributed by atoms with Gasteiger partial charge in [-0.2, -0.15) is 0 Å². The van der Waals surface area contributed by atoms with Crippen molar-refractivity contribution in [3.63, 3.8) is 0 Å². The van der Waals surface area contributed by atoms with Gasteiger partial charge in [0.15, 0.2) is 5.65 Å². The minimum atomic E-state index is -0.350. The first kappa shape index (κ1) is 10.7. The van der Waals surface area contributed by atoms with E-state index in [1.807, 2.05) is 6.92 Å². The zero-order chi connectivity index (χ0) is 12.7. The summed E-state index contributed by atoms with van der Waals surface area (Å²) in [6, 6.07) is 8.41. The molecule has 0 bridgehead atoms. The molecule has 0 aliphatic rings. The number of hydrogen-bond donors (Lipinski definition) is 1. The highest BCUT2D eigenvalue weighted by atomic mass is 19.1. The zero-order valence-corrected chi connectivity index (χ0v) is 9.76. The van der Waals surface area contributed by atoms with Crippen LogP contribution in [-0.2, 0) is 0 Å². The Morgan fingerprint density at radius 2 is 2.11 bits per heavy atom. The lowest BCUT2D eigenvalue weighted by molar-refractivity contribution is 0.619. The van der Waals surface area contributed by atoms with Crippen molar-refractivity contribution in [2.45, 2.75) is 6.92 Å². The molecule has 0 radical (unpaired) electrons. The summed E-state index contributed by atoms with van der Waals surface area (Å²) < 4.78 is 15.4. The maximum absolute atomic E-state index is 13.9. The van der Waals surface area contributed by atoms with E-state index in [9.17, 15) is 4.39 Å². The van der Waals surface area contributed by atoms with Crippen LogP contribution in [0.2, 0.25) is 0 Å². The van der Waals surface area contributed by atoms with Crippen LogP contribution in [0.25, 0.3) is 16.9 Å². The molecule has 5 heteroatoms. The van der Waals surface area contributed by atoms with Crippen LogP contribution in [-0.4, -0.2) is 14.5 Å². The van der Waals surface area contributed by atoms with Gasteiger partial charge in [0.1, 0.15) is 11.3 Å². The summed E-state index contributed by atoms with van der Waals surface area (Å²) in [4.78, 5) is 8.37. The highest BCUT2D eigenvalue weighted by Gasteiger charge is 2.14. The van der Waals surface area contributed by atoms with Crippen molar-refractivity contribution < 1.29 is 4.39 Å². The first-order chi connectivity index (χ1) is 8.66. The normalized spacial score (nSPS) is 11.0. The van der Waals surface area contributed by atoms with Gasteiger partial charge in [0.2, 0.25) is 5.95 Å². The molecule has 90 valence electrons. The predicted molar refractivity (Wildman–Crippen MR) is 68.0 cm³/mol. The number of nitrogens with two attached hydrogens (primary N) is 1. The Kier molecular flexibility index (Phi) is 2.26.